The second-order valence-corrected chi connectivity index (χ2v) is 9.23. The lowest BCUT2D eigenvalue weighted by atomic mass is 9.73. The Labute approximate surface area is 180 Å². The number of halogens is 6. The molecule has 3 atom stereocenters. The number of alkyl halides is 6. The Kier molecular flexibility index (Phi) is 7.58. The minimum atomic E-state index is -4.87. The van der Waals surface area contributed by atoms with Crippen LogP contribution in [0.4, 0.5) is 26.3 Å². The molecule has 2 nitrogen and oxygen atoms in total. The number of hydrogen-bond acceptors (Lipinski definition) is 2. The molecule has 31 heavy (non-hydrogen) atoms. The second-order valence-electron chi connectivity index (χ2n) is 9.23. The fraction of sp³-hybridized carbons (Fsp3) is 0.652. The standard InChI is InChI=1S/C23H31F6NO/c1-6-7-8-20(3)9-10-21(4,30(5)14-20)15-31-16(2)17-11-18(22(24,25)26)13-19(12-17)23(27,28)29/h6-7,11-13,16H,8-10,14-15H2,1-5H3/b7-6+/t16-,20+,21-/m1/s1. The number of benzene rings is 1. The minimum Gasteiger partial charge on any atom is -0.372 e. The van der Waals surface area contributed by atoms with Crippen molar-refractivity contribution in [3.63, 3.8) is 0 Å². The van der Waals surface area contributed by atoms with E-state index in [1.165, 1.54) is 6.92 Å². The molecule has 1 aliphatic heterocycles. The molecule has 0 aromatic heterocycles. The number of likely N-dealkylation sites (tertiary alicyclic amines) is 1. The van der Waals surface area contributed by atoms with E-state index in [-0.39, 0.29) is 29.2 Å². The Hall–Kier alpha value is -1.54. The average Bonchev–Trinajstić information content (AvgIpc) is 2.66. The Balaban J connectivity index is 2.16. The molecule has 176 valence electrons. The molecule has 1 aliphatic rings. The predicted molar refractivity (Wildman–Crippen MR) is 109 cm³/mol. The van der Waals surface area contributed by atoms with Gasteiger partial charge in [0.05, 0.1) is 23.8 Å². The van der Waals surface area contributed by atoms with Crippen molar-refractivity contribution in [2.45, 2.75) is 71.0 Å². The first-order valence-electron chi connectivity index (χ1n) is 10.3. The van der Waals surface area contributed by atoms with E-state index in [1.807, 2.05) is 27.0 Å². The molecule has 1 saturated heterocycles. The van der Waals surface area contributed by atoms with Crippen LogP contribution in [-0.2, 0) is 17.1 Å². The lowest BCUT2D eigenvalue weighted by Crippen LogP contribution is -2.55. The van der Waals surface area contributed by atoms with Crippen LogP contribution in [0.1, 0.15) is 69.8 Å². The maximum Gasteiger partial charge on any atom is 0.416 e. The third kappa shape index (κ3) is 6.48. The molecule has 8 heteroatoms. The smallest absolute Gasteiger partial charge is 0.372 e. The maximum absolute atomic E-state index is 13.1. The van der Waals surface area contributed by atoms with E-state index >= 15 is 0 Å². The summed E-state index contributed by atoms with van der Waals surface area (Å²) in [7, 11) is 1.98. The quantitative estimate of drug-likeness (QED) is 0.333. The summed E-state index contributed by atoms with van der Waals surface area (Å²) in [6.07, 6.45) is -3.77. The first-order valence-corrected chi connectivity index (χ1v) is 10.3. The fourth-order valence-corrected chi connectivity index (χ4v) is 3.97. The highest BCUT2D eigenvalue weighted by molar-refractivity contribution is 5.34. The van der Waals surface area contributed by atoms with Crippen molar-refractivity contribution in [3.8, 4) is 0 Å². The zero-order chi connectivity index (χ0) is 23.7. The van der Waals surface area contributed by atoms with Gasteiger partial charge in [-0.15, -0.1) is 0 Å². The monoisotopic (exact) mass is 451 g/mol. The summed E-state index contributed by atoms with van der Waals surface area (Å²) in [5, 5.41) is 0. The van der Waals surface area contributed by atoms with Crippen LogP contribution in [0, 0.1) is 5.41 Å². The summed E-state index contributed by atoms with van der Waals surface area (Å²) in [6.45, 7) is 8.73. The van der Waals surface area contributed by atoms with Crippen molar-refractivity contribution in [2.75, 3.05) is 20.2 Å². The molecule has 0 spiro atoms. The normalized spacial score (nSPS) is 27.1. The van der Waals surface area contributed by atoms with Gasteiger partial charge in [-0.3, -0.25) is 4.90 Å². The molecule has 1 fully saturated rings. The van der Waals surface area contributed by atoms with Crippen LogP contribution in [0.3, 0.4) is 0 Å². The summed E-state index contributed by atoms with van der Waals surface area (Å²) in [5.74, 6) is 0. The molecule has 1 aromatic rings. The molecule has 0 N–H and O–H groups in total. The number of piperidine rings is 1. The van der Waals surface area contributed by atoms with Gasteiger partial charge < -0.3 is 4.74 Å². The van der Waals surface area contributed by atoms with Gasteiger partial charge in [0.25, 0.3) is 0 Å². The zero-order valence-electron chi connectivity index (χ0n) is 18.6. The summed E-state index contributed by atoms with van der Waals surface area (Å²) < 4.78 is 84.6. The van der Waals surface area contributed by atoms with Crippen LogP contribution >= 0.6 is 0 Å². The Morgan fingerprint density at radius 3 is 2.03 bits per heavy atom. The molecule has 0 aliphatic carbocycles. The molecule has 1 aromatic carbocycles. The maximum atomic E-state index is 13.1. The molecule has 0 saturated carbocycles. The van der Waals surface area contributed by atoms with Crippen molar-refractivity contribution < 1.29 is 31.1 Å². The molecule has 0 radical (unpaired) electrons. The summed E-state index contributed by atoms with van der Waals surface area (Å²) in [4.78, 5) is 2.18. The van der Waals surface area contributed by atoms with Crippen LogP contribution in [0.2, 0.25) is 0 Å². The van der Waals surface area contributed by atoms with E-state index in [2.05, 4.69) is 17.9 Å². The molecule has 0 unspecified atom stereocenters. The van der Waals surface area contributed by atoms with E-state index < -0.39 is 29.6 Å². The van der Waals surface area contributed by atoms with Gasteiger partial charge in [0.2, 0.25) is 0 Å². The molecule has 0 amide bonds. The van der Waals surface area contributed by atoms with Crippen molar-refractivity contribution in [1.82, 2.24) is 4.90 Å². The zero-order valence-corrected chi connectivity index (χ0v) is 18.6. The number of rotatable bonds is 6. The van der Waals surface area contributed by atoms with Crippen LogP contribution in [0.15, 0.2) is 30.4 Å². The van der Waals surface area contributed by atoms with Gasteiger partial charge in [-0.2, -0.15) is 26.3 Å². The predicted octanol–water partition coefficient (Wildman–Crippen LogP) is 7.26. The minimum absolute atomic E-state index is 0.120. The fourth-order valence-electron chi connectivity index (χ4n) is 3.97. The van der Waals surface area contributed by atoms with Crippen molar-refractivity contribution in [2.24, 2.45) is 5.41 Å². The Morgan fingerprint density at radius 1 is 1.03 bits per heavy atom. The largest absolute Gasteiger partial charge is 0.416 e. The van der Waals surface area contributed by atoms with Crippen LogP contribution in [0.25, 0.3) is 0 Å². The lowest BCUT2D eigenvalue weighted by molar-refractivity contribution is -0.143. The molecule has 0 bridgehead atoms. The molecule has 1 heterocycles. The van der Waals surface area contributed by atoms with Gasteiger partial charge in [0, 0.05) is 12.1 Å². The van der Waals surface area contributed by atoms with Gasteiger partial charge in [0.1, 0.15) is 0 Å². The van der Waals surface area contributed by atoms with Gasteiger partial charge >= 0.3 is 12.4 Å². The molecular formula is C23H31F6NO. The number of hydrogen-bond donors (Lipinski definition) is 0. The van der Waals surface area contributed by atoms with E-state index in [1.54, 1.807) is 0 Å². The van der Waals surface area contributed by atoms with Crippen molar-refractivity contribution in [3.05, 3.63) is 47.0 Å². The Bertz CT molecular complexity index is 755. The molecule has 2 rings (SSSR count). The van der Waals surface area contributed by atoms with Gasteiger partial charge in [-0.05, 0) is 76.3 Å². The van der Waals surface area contributed by atoms with E-state index in [9.17, 15) is 26.3 Å². The van der Waals surface area contributed by atoms with Crippen LogP contribution in [-0.4, -0.2) is 30.6 Å². The number of ether oxygens (including phenoxy) is 1. The third-order valence-corrected chi connectivity index (χ3v) is 6.38. The van der Waals surface area contributed by atoms with Gasteiger partial charge in [0.15, 0.2) is 0 Å². The van der Waals surface area contributed by atoms with Crippen molar-refractivity contribution >= 4 is 0 Å². The van der Waals surface area contributed by atoms with E-state index in [0.29, 0.717) is 0 Å². The SMILES string of the molecule is C/C=C/C[C@@]1(C)CC[C@](C)(CO[C@H](C)c2cc(C(F)(F)F)cc(C(F)(F)F)c2)N(C)C1. The van der Waals surface area contributed by atoms with Crippen LogP contribution in [0.5, 0.6) is 0 Å². The second kappa shape index (κ2) is 9.14. The van der Waals surface area contributed by atoms with Crippen molar-refractivity contribution in [1.29, 1.82) is 0 Å². The highest BCUT2D eigenvalue weighted by Crippen LogP contribution is 2.41. The topological polar surface area (TPSA) is 12.5 Å². The number of likely N-dealkylation sites (N-methyl/N-ethyl adjacent to an activating group) is 1. The van der Waals surface area contributed by atoms with E-state index in [0.717, 1.165) is 37.9 Å². The van der Waals surface area contributed by atoms with Crippen LogP contribution < -0.4 is 0 Å². The summed E-state index contributed by atoms with van der Waals surface area (Å²) >= 11 is 0. The van der Waals surface area contributed by atoms with Gasteiger partial charge in [-0.25, -0.2) is 0 Å². The summed E-state index contributed by atoms with van der Waals surface area (Å²) in [5.41, 5.74) is -3.02. The highest BCUT2D eigenvalue weighted by Gasteiger charge is 2.41. The highest BCUT2D eigenvalue weighted by atomic mass is 19.4. The number of nitrogens with zero attached hydrogens (tertiary/aromatic N) is 1. The summed E-state index contributed by atoms with van der Waals surface area (Å²) in [6, 6.07) is 1.61. The average molecular weight is 451 g/mol. The Morgan fingerprint density at radius 2 is 1.58 bits per heavy atom. The first-order chi connectivity index (χ1) is 14.1. The van der Waals surface area contributed by atoms with Gasteiger partial charge in [-0.1, -0.05) is 19.1 Å². The number of allylic oxidation sites excluding steroid dienone is 2. The first kappa shape index (κ1) is 25.7. The lowest BCUT2D eigenvalue weighted by Gasteiger charge is -2.50. The third-order valence-electron chi connectivity index (χ3n) is 6.38. The molecular weight excluding hydrogens is 420 g/mol. The van der Waals surface area contributed by atoms with E-state index in [4.69, 9.17) is 4.74 Å².